The van der Waals surface area contributed by atoms with Crippen molar-refractivity contribution in [1.29, 1.82) is 0 Å². The number of fused-ring (bicyclic) bond motifs is 2. The Morgan fingerprint density at radius 1 is 1.28 bits per heavy atom. The number of primary amides is 1. The first kappa shape index (κ1) is 22.1. The predicted molar refractivity (Wildman–Crippen MR) is 122 cm³/mol. The van der Waals surface area contributed by atoms with Crippen molar-refractivity contribution in [3.05, 3.63) is 52.5 Å². The minimum Gasteiger partial charge on any atom is -0.497 e. The Balaban J connectivity index is 1.71. The molecule has 0 aliphatic carbocycles. The lowest BCUT2D eigenvalue weighted by atomic mass is 9.79. The molecule has 2 aliphatic heterocycles. The minimum atomic E-state index is -1.29. The van der Waals surface area contributed by atoms with Crippen molar-refractivity contribution in [2.45, 2.75) is 37.8 Å². The summed E-state index contributed by atoms with van der Waals surface area (Å²) in [4.78, 5) is 38.1. The summed E-state index contributed by atoms with van der Waals surface area (Å²) in [6, 6.07) is 10.2. The van der Waals surface area contributed by atoms with E-state index in [1.54, 1.807) is 43.5 Å². The first-order valence-electron chi connectivity index (χ1n) is 10.4. The zero-order chi connectivity index (χ0) is 23.0. The number of amides is 3. The highest BCUT2D eigenvalue weighted by Crippen LogP contribution is 2.49. The van der Waals surface area contributed by atoms with E-state index in [-0.39, 0.29) is 24.3 Å². The molecule has 1 fully saturated rings. The Morgan fingerprint density at radius 3 is 2.66 bits per heavy atom. The molecular weight excluding hydrogens is 432 g/mol. The van der Waals surface area contributed by atoms with Crippen LogP contribution in [-0.4, -0.2) is 30.9 Å². The highest BCUT2D eigenvalue weighted by Gasteiger charge is 2.60. The van der Waals surface area contributed by atoms with Crippen LogP contribution < -0.4 is 26.4 Å². The van der Waals surface area contributed by atoms with Crippen LogP contribution in [0.3, 0.4) is 0 Å². The fraction of sp³-hybridized carbons (Fsp3) is 0.348. The molecule has 32 heavy (non-hydrogen) atoms. The second kappa shape index (κ2) is 8.44. The second-order valence-corrected chi connectivity index (χ2v) is 8.70. The van der Waals surface area contributed by atoms with Gasteiger partial charge in [-0.15, -0.1) is 0 Å². The molecule has 2 aromatic rings. The van der Waals surface area contributed by atoms with E-state index in [1.807, 2.05) is 6.92 Å². The molecule has 2 aromatic carbocycles. The van der Waals surface area contributed by atoms with Gasteiger partial charge in [-0.1, -0.05) is 11.6 Å². The molecular formula is C23H25ClN4O4. The van der Waals surface area contributed by atoms with E-state index in [4.69, 9.17) is 22.1 Å². The lowest BCUT2D eigenvalue weighted by Crippen LogP contribution is -2.52. The molecule has 0 unspecified atom stereocenters. The maximum absolute atomic E-state index is 13.5. The second-order valence-electron chi connectivity index (χ2n) is 8.26. The summed E-state index contributed by atoms with van der Waals surface area (Å²) in [5.41, 5.74) is 6.74. The van der Waals surface area contributed by atoms with Gasteiger partial charge in [-0.2, -0.15) is 0 Å². The number of methoxy groups -OCH3 is 1. The van der Waals surface area contributed by atoms with Crippen LogP contribution in [0, 0.1) is 12.8 Å². The Hall–Kier alpha value is -3.10. The zero-order valence-corrected chi connectivity index (χ0v) is 18.6. The molecule has 3 amide bonds. The van der Waals surface area contributed by atoms with Crippen LogP contribution in [0.1, 0.15) is 30.4 Å². The largest absolute Gasteiger partial charge is 0.497 e. The fourth-order valence-electron chi connectivity index (χ4n) is 4.70. The van der Waals surface area contributed by atoms with Crippen molar-refractivity contribution in [3.63, 3.8) is 0 Å². The number of halogens is 1. The van der Waals surface area contributed by atoms with Gasteiger partial charge in [0.1, 0.15) is 11.3 Å². The van der Waals surface area contributed by atoms with Crippen LogP contribution in [0.25, 0.3) is 0 Å². The van der Waals surface area contributed by atoms with Crippen LogP contribution >= 0.6 is 11.6 Å². The third-order valence-electron chi connectivity index (χ3n) is 6.21. The number of aryl methyl sites for hydroxylation is 1. The molecule has 168 valence electrons. The van der Waals surface area contributed by atoms with E-state index < -0.39 is 17.4 Å². The number of ether oxygens (including phenoxy) is 1. The van der Waals surface area contributed by atoms with Gasteiger partial charge in [-0.25, -0.2) is 0 Å². The van der Waals surface area contributed by atoms with Crippen molar-refractivity contribution in [2.24, 2.45) is 11.7 Å². The number of hydrogen-bond donors (Lipinski definition) is 4. The van der Waals surface area contributed by atoms with Gasteiger partial charge in [0.15, 0.2) is 0 Å². The molecule has 9 heteroatoms. The smallest absolute Gasteiger partial charge is 0.250 e. The van der Waals surface area contributed by atoms with E-state index in [2.05, 4.69) is 16.0 Å². The molecule has 0 aromatic heterocycles. The molecule has 0 radical (unpaired) electrons. The quantitative estimate of drug-likeness (QED) is 0.532. The van der Waals surface area contributed by atoms with Crippen LogP contribution in [0.15, 0.2) is 36.4 Å². The van der Waals surface area contributed by atoms with Crippen LogP contribution in [0.2, 0.25) is 5.02 Å². The summed E-state index contributed by atoms with van der Waals surface area (Å²) in [5.74, 6) is -1.09. The van der Waals surface area contributed by atoms with Crippen molar-refractivity contribution in [1.82, 2.24) is 5.32 Å². The number of carbonyl (C=O) groups excluding carboxylic acids is 3. The van der Waals surface area contributed by atoms with E-state index in [0.717, 1.165) is 5.56 Å². The summed E-state index contributed by atoms with van der Waals surface area (Å²) in [6.45, 7) is 1.86. The van der Waals surface area contributed by atoms with Crippen molar-refractivity contribution < 1.29 is 19.1 Å². The first-order valence-corrected chi connectivity index (χ1v) is 10.8. The predicted octanol–water partition coefficient (Wildman–Crippen LogP) is 2.69. The number of nitrogens with one attached hydrogen (secondary N) is 3. The Kier molecular flexibility index (Phi) is 5.83. The first-order chi connectivity index (χ1) is 15.2. The molecule has 1 saturated heterocycles. The van der Waals surface area contributed by atoms with Crippen LogP contribution in [0.5, 0.6) is 5.75 Å². The molecule has 4 rings (SSSR count). The van der Waals surface area contributed by atoms with Crippen LogP contribution in [-0.2, 0) is 19.9 Å². The van der Waals surface area contributed by atoms with Gasteiger partial charge in [-0.3, -0.25) is 19.7 Å². The summed E-state index contributed by atoms with van der Waals surface area (Å²) in [7, 11) is 1.57. The number of carbonyl (C=O) groups is 3. The number of hydrogen-bond acceptors (Lipinski definition) is 5. The number of nitrogens with two attached hydrogens (primary N) is 1. The van der Waals surface area contributed by atoms with E-state index in [1.165, 1.54) is 0 Å². The normalized spacial score (nSPS) is 23.7. The van der Waals surface area contributed by atoms with Gasteiger partial charge in [-0.05, 0) is 61.7 Å². The molecule has 5 N–H and O–H groups in total. The molecule has 0 saturated carbocycles. The van der Waals surface area contributed by atoms with Gasteiger partial charge in [0.05, 0.1) is 13.0 Å². The number of anilines is 2. The summed E-state index contributed by atoms with van der Waals surface area (Å²) in [6.07, 6.45) is 0.947. The monoisotopic (exact) mass is 456 g/mol. The Bertz CT molecular complexity index is 1090. The molecule has 2 heterocycles. The van der Waals surface area contributed by atoms with E-state index in [0.29, 0.717) is 40.6 Å². The maximum Gasteiger partial charge on any atom is 0.250 e. The van der Waals surface area contributed by atoms with Crippen molar-refractivity contribution in [2.75, 3.05) is 17.7 Å². The molecule has 0 bridgehead atoms. The molecule has 8 nitrogen and oxygen atoms in total. The third kappa shape index (κ3) is 3.80. The fourth-order valence-corrected chi connectivity index (χ4v) is 4.97. The summed E-state index contributed by atoms with van der Waals surface area (Å²) in [5, 5.41) is 9.68. The number of rotatable bonds is 6. The Morgan fingerprint density at radius 2 is 2.00 bits per heavy atom. The summed E-state index contributed by atoms with van der Waals surface area (Å²) < 4.78 is 5.16. The van der Waals surface area contributed by atoms with Crippen LogP contribution in [0.4, 0.5) is 11.4 Å². The highest BCUT2D eigenvalue weighted by atomic mass is 35.5. The van der Waals surface area contributed by atoms with E-state index >= 15 is 0 Å². The van der Waals surface area contributed by atoms with E-state index in [9.17, 15) is 14.4 Å². The van der Waals surface area contributed by atoms with Gasteiger partial charge >= 0.3 is 0 Å². The highest BCUT2D eigenvalue weighted by molar-refractivity contribution is 6.31. The minimum absolute atomic E-state index is 0.156. The lowest BCUT2D eigenvalue weighted by Gasteiger charge is -2.29. The molecule has 3 atom stereocenters. The van der Waals surface area contributed by atoms with Gasteiger partial charge in [0, 0.05) is 34.4 Å². The standard InChI is InChI=1S/C23H25ClN4O4/c1-12-9-13(24)10-17-20(12)27-22(31)23(17)18(11-15(28-23)5-8-19(25)29)21(30)26-14-3-6-16(32-2)7-4-14/h3-4,6-7,9-10,15,18,28H,5,8,11H2,1-2H3,(H2,25,29)(H,26,30)(H,27,31)/t15-,18+,23-/m0/s1. The van der Waals surface area contributed by atoms with Gasteiger partial charge in [0.25, 0.3) is 0 Å². The molecule has 1 spiro atoms. The van der Waals surface area contributed by atoms with Gasteiger partial charge < -0.3 is 21.1 Å². The zero-order valence-electron chi connectivity index (χ0n) is 17.8. The maximum atomic E-state index is 13.5. The Labute approximate surface area is 190 Å². The van der Waals surface area contributed by atoms with Crippen molar-refractivity contribution in [3.8, 4) is 5.75 Å². The lowest BCUT2D eigenvalue weighted by molar-refractivity contribution is -0.130. The topological polar surface area (TPSA) is 123 Å². The SMILES string of the molecule is COc1ccc(NC(=O)[C@H]2C[C@H](CCC(N)=O)N[C@]23C(=O)Nc2c(C)cc(Cl)cc23)cc1. The average Bonchev–Trinajstić information content (AvgIpc) is 3.27. The third-order valence-corrected chi connectivity index (χ3v) is 6.43. The van der Waals surface area contributed by atoms with Gasteiger partial charge in [0.2, 0.25) is 17.7 Å². The average molecular weight is 457 g/mol. The number of benzene rings is 2. The van der Waals surface area contributed by atoms with Crippen molar-refractivity contribution >= 4 is 40.7 Å². The molecule has 2 aliphatic rings. The summed E-state index contributed by atoms with van der Waals surface area (Å²) >= 11 is 6.32.